The van der Waals surface area contributed by atoms with Crippen LogP contribution >= 0.6 is 22.9 Å². The Morgan fingerprint density at radius 1 is 1.36 bits per heavy atom. The van der Waals surface area contributed by atoms with Gasteiger partial charge in [-0.05, 0) is 39.0 Å². The van der Waals surface area contributed by atoms with Gasteiger partial charge in [0.2, 0.25) is 5.82 Å². The topological polar surface area (TPSA) is 72.2 Å². The van der Waals surface area contributed by atoms with E-state index in [2.05, 4.69) is 20.4 Å². The number of carbonyl (C=O) groups is 1. The third-order valence-corrected chi connectivity index (χ3v) is 4.60. The Balaban J connectivity index is 1.84. The van der Waals surface area contributed by atoms with Gasteiger partial charge in [0, 0.05) is 16.3 Å². The highest BCUT2D eigenvalue weighted by Gasteiger charge is 2.18. The number of amides is 1. The first-order valence-corrected chi connectivity index (χ1v) is 7.90. The average Bonchev–Trinajstić information content (AvgIpc) is 3.04. The summed E-state index contributed by atoms with van der Waals surface area (Å²) in [6.07, 6.45) is 0. The second-order valence-electron chi connectivity index (χ2n) is 5.02. The normalized spacial score (nSPS) is 12.5. The molecule has 3 rings (SSSR count). The molecule has 1 amide bonds. The maximum atomic E-state index is 12.3. The van der Waals surface area contributed by atoms with Crippen molar-refractivity contribution in [1.29, 1.82) is 0 Å². The lowest BCUT2D eigenvalue weighted by Gasteiger charge is -2.09. The van der Waals surface area contributed by atoms with Gasteiger partial charge in [0.25, 0.3) is 11.7 Å². The van der Waals surface area contributed by atoms with Crippen molar-refractivity contribution < 1.29 is 4.79 Å². The number of fused-ring (bicyclic) bond motifs is 1. The monoisotopic (exact) mass is 335 g/mol. The highest BCUT2D eigenvalue weighted by Crippen LogP contribution is 2.26. The van der Waals surface area contributed by atoms with Crippen LogP contribution in [0.3, 0.4) is 0 Å². The molecule has 3 aromatic rings. The molecular formula is C14H14ClN5OS. The minimum atomic E-state index is -0.334. The molecule has 3 aromatic heterocycles. The molecule has 0 aliphatic rings. The van der Waals surface area contributed by atoms with Gasteiger partial charge in [-0.15, -0.1) is 16.4 Å². The van der Waals surface area contributed by atoms with Crippen LogP contribution in [0.25, 0.3) is 5.78 Å². The predicted octanol–water partition coefficient (Wildman–Crippen LogP) is 2.95. The van der Waals surface area contributed by atoms with E-state index < -0.39 is 0 Å². The number of nitrogens with one attached hydrogen (secondary N) is 1. The van der Waals surface area contributed by atoms with E-state index in [1.165, 1.54) is 11.3 Å². The van der Waals surface area contributed by atoms with Crippen molar-refractivity contribution in [3.63, 3.8) is 0 Å². The Morgan fingerprint density at radius 2 is 2.14 bits per heavy atom. The SMILES string of the molecule is Cc1cc(C)n2nc(C(=O)NC(C)c3ccc(Cl)s3)nc2n1. The van der Waals surface area contributed by atoms with Gasteiger partial charge in [-0.25, -0.2) is 9.50 Å². The van der Waals surface area contributed by atoms with Crippen LogP contribution in [0.2, 0.25) is 4.34 Å². The fourth-order valence-electron chi connectivity index (χ4n) is 2.16. The predicted molar refractivity (Wildman–Crippen MR) is 85.5 cm³/mol. The Morgan fingerprint density at radius 3 is 2.82 bits per heavy atom. The van der Waals surface area contributed by atoms with Crippen molar-refractivity contribution in [3.8, 4) is 0 Å². The molecule has 6 nitrogen and oxygen atoms in total. The van der Waals surface area contributed by atoms with Gasteiger partial charge in [0.1, 0.15) is 0 Å². The highest BCUT2D eigenvalue weighted by atomic mass is 35.5. The first kappa shape index (κ1) is 14.9. The van der Waals surface area contributed by atoms with Crippen LogP contribution in [0, 0.1) is 13.8 Å². The van der Waals surface area contributed by atoms with E-state index in [0.29, 0.717) is 10.1 Å². The summed E-state index contributed by atoms with van der Waals surface area (Å²) in [5, 5.41) is 7.08. The van der Waals surface area contributed by atoms with E-state index in [-0.39, 0.29) is 17.8 Å². The van der Waals surface area contributed by atoms with Crippen LogP contribution in [0.1, 0.15) is 39.8 Å². The summed E-state index contributed by atoms with van der Waals surface area (Å²) >= 11 is 7.35. The number of thiophene rings is 1. The summed E-state index contributed by atoms with van der Waals surface area (Å²) in [5.41, 5.74) is 1.72. The van der Waals surface area contributed by atoms with E-state index in [4.69, 9.17) is 11.6 Å². The second-order valence-corrected chi connectivity index (χ2v) is 6.77. The number of carbonyl (C=O) groups excluding carboxylic acids is 1. The van der Waals surface area contributed by atoms with Gasteiger partial charge >= 0.3 is 0 Å². The van der Waals surface area contributed by atoms with Crippen molar-refractivity contribution in [1.82, 2.24) is 24.9 Å². The molecule has 1 N–H and O–H groups in total. The van der Waals surface area contributed by atoms with Gasteiger partial charge in [0.15, 0.2) is 0 Å². The number of aryl methyl sites for hydroxylation is 2. The van der Waals surface area contributed by atoms with Gasteiger partial charge in [-0.2, -0.15) is 4.98 Å². The quantitative estimate of drug-likeness (QED) is 0.798. The van der Waals surface area contributed by atoms with E-state index >= 15 is 0 Å². The van der Waals surface area contributed by atoms with Crippen LogP contribution in [0.5, 0.6) is 0 Å². The van der Waals surface area contributed by atoms with Crippen LogP contribution < -0.4 is 5.32 Å². The Kier molecular flexibility index (Phi) is 3.84. The summed E-state index contributed by atoms with van der Waals surface area (Å²) in [7, 11) is 0. The molecule has 8 heteroatoms. The molecular weight excluding hydrogens is 322 g/mol. The highest BCUT2D eigenvalue weighted by molar-refractivity contribution is 7.16. The first-order valence-electron chi connectivity index (χ1n) is 6.71. The molecule has 0 saturated heterocycles. The molecule has 0 radical (unpaired) electrons. The molecule has 0 aliphatic heterocycles. The second kappa shape index (κ2) is 5.66. The summed E-state index contributed by atoms with van der Waals surface area (Å²) in [4.78, 5) is 21.7. The first-order chi connectivity index (χ1) is 10.4. The Labute approximate surface area is 136 Å². The fraction of sp³-hybridized carbons (Fsp3) is 0.286. The molecule has 0 saturated carbocycles. The Bertz CT molecular complexity index is 856. The lowest BCUT2D eigenvalue weighted by Crippen LogP contribution is -2.27. The molecule has 1 atom stereocenters. The largest absolute Gasteiger partial charge is 0.342 e. The van der Waals surface area contributed by atoms with Gasteiger partial charge < -0.3 is 5.32 Å². The van der Waals surface area contributed by atoms with Crippen molar-refractivity contribution in [3.05, 3.63) is 44.6 Å². The van der Waals surface area contributed by atoms with Crippen molar-refractivity contribution in [2.24, 2.45) is 0 Å². The van der Waals surface area contributed by atoms with E-state index in [1.54, 1.807) is 4.52 Å². The van der Waals surface area contributed by atoms with E-state index in [9.17, 15) is 4.79 Å². The third-order valence-electron chi connectivity index (χ3n) is 3.19. The minimum absolute atomic E-state index is 0.107. The Hall–Kier alpha value is -1.99. The minimum Gasteiger partial charge on any atom is -0.342 e. The van der Waals surface area contributed by atoms with Crippen molar-refractivity contribution in [2.45, 2.75) is 26.8 Å². The number of hydrogen-bond donors (Lipinski definition) is 1. The molecule has 114 valence electrons. The summed E-state index contributed by atoms with van der Waals surface area (Å²) < 4.78 is 2.26. The van der Waals surface area contributed by atoms with Gasteiger partial charge in [0.05, 0.1) is 10.4 Å². The van der Waals surface area contributed by atoms with Gasteiger partial charge in [-0.1, -0.05) is 11.6 Å². The molecule has 0 spiro atoms. The zero-order chi connectivity index (χ0) is 15.9. The van der Waals surface area contributed by atoms with E-state index in [0.717, 1.165) is 16.3 Å². The number of rotatable bonds is 3. The average molecular weight is 336 g/mol. The summed E-state index contributed by atoms with van der Waals surface area (Å²) in [6, 6.07) is 5.43. The van der Waals surface area contributed by atoms with Gasteiger partial charge in [-0.3, -0.25) is 4.79 Å². The molecule has 3 heterocycles. The standard InChI is InChI=1S/C14H14ClN5OS/c1-7-6-8(2)20-14(16-7)18-12(19-20)13(21)17-9(3)10-4-5-11(15)22-10/h4-6,9H,1-3H3,(H,17,21). The molecule has 0 aromatic carbocycles. The molecule has 0 aliphatic carbocycles. The van der Waals surface area contributed by atoms with Crippen molar-refractivity contribution >= 4 is 34.6 Å². The number of aromatic nitrogens is 4. The van der Waals surface area contributed by atoms with Crippen LogP contribution in [0.15, 0.2) is 18.2 Å². The number of hydrogen-bond acceptors (Lipinski definition) is 5. The molecule has 0 bridgehead atoms. The fourth-order valence-corrected chi connectivity index (χ4v) is 3.22. The van der Waals surface area contributed by atoms with Crippen LogP contribution in [0.4, 0.5) is 0 Å². The molecule has 0 fully saturated rings. The summed E-state index contributed by atoms with van der Waals surface area (Å²) in [5.74, 6) is 0.199. The number of halogens is 1. The zero-order valence-electron chi connectivity index (χ0n) is 12.3. The molecule has 22 heavy (non-hydrogen) atoms. The smallest absolute Gasteiger partial charge is 0.291 e. The molecule has 1 unspecified atom stereocenters. The number of nitrogens with zero attached hydrogens (tertiary/aromatic N) is 4. The maximum absolute atomic E-state index is 12.3. The van der Waals surface area contributed by atoms with Crippen LogP contribution in [-0.2, 0) is 0 Å². The summed E-state index contributed by atoms with van der Waals surface area (Å²) in [6.45, 7) is 5.67. The zero-order valence-corrected chi connectivity index (χ0v) is 13.9. The lowest BCUT2D eigenvalue weighted by atomic mass is 10.3. The van der Waals surface area contributed by atoms with Crippen LogP contribution in [-0.4, -0.2) is 25.5 Å². The van der Waals surface area contributed by atoms with E-state index in [1.807, 2.05) is 39.0 Å². The lowest BCUT2D eigenvalue weighted by molar-refractivity contribution is 0.0930. The third kappa shape index (κ3) is 2.82. The maximum Gasteiger partial charge on any atom is 0.291 e. The van der Waals surface area contributed by atoms with Crippen molar-refractivity contribution in [2.75, 3.05) is 0 Å².